The molecular formula is C21H28BrNO3. The van der Waals surface area contributed by atoms with E-state index in [4.69, 9.17) is 4.74 Å². The Balaban J connectivity index is 1.33. The number of ether oxygens (including phenoxy) is 1. The van der Waals surface area contributed by atoms with Gasteiger partial charge in [0.05, 0.1) is 17.6 Å². The molecule has 1 heterocycles. The second kappa shape index (κ2) is 7.51. The van der Waals surface area contributed by atoms with Crippen molar-refractivity contribution in [3.63, 3.8) is 0 Å². The first-order valence-corrected chi connectivity index (χ1v) is 10.8. The topological polar surface area (TPSA) is 49.8 Å². The summed E-state index contributed by atoms with van der Waals surface area (Å²) >= 11 is 3.45. The monoisotopic (exact) mass is 421 g/mol. The Hall–Kier alpha value is -1.07. The van der Waals surface area contributed by atoms with Crippen molar-refractivity contribution < 1.29 is 14.6 Å². The van der Waals surface area contributed by atoms with Gasteiger partial charge in [0, 0.05) is 17.1 Å². The maximum absolute atomic E-state index is 13.2. The number of rotatable bonds is 3. The number of benzene rings is 1. The molecule has 1 N–H and O–H groups in total. The Morgan fingerprint density at radius 1 is 1.00 bits per heavy atom. The minimum absolute atomic E-state index is 0.143. The van der Waals surface area contributed by atoms with Gasteiger partial charge in [0.2, 0.25) is 5.91 Å². The van der Waals surface area contributed by atoms with E-state index in [1.54, 1.807) is 0 Å². The van der Waals surface area contributed by atoms with E-state index in [2.05, 4.69) is 20.8 Å². The van der Waals surface area contributed by atoms with Gasteiger partial charge in [-0.1, -0.05) is 15.9 Å². The van der Waals surface area contributed by atoms with Gasteiger partial charge in [0.1, 0.15) is 5.75 Å². The zero-order chi connectivity index (χ0) is 18.1. The number of carbonyl (C=O) groups excluding carboxylic acids is 1. The first-order valence-electron chi connectivity index (χ1n) is 9.97. The van der Waals surface area contributed by atoms with Crippen molar-refractivity contribution in [3.05, 3.63) is 28.7 Å². The lowest BCUT2D eigenvalue weighted by molar-refractivity contribution is -0.141. The minimum Gasteiger partial charge on any atom is -0.490 e. The molecule has 1 spiro atoms. The summed E-state index contributed by atoms with van der Waals surface area (Å²) in [7, 11) is 0. The predicted molar refractivity (Wildman–Crippen MR) is 104 cm³/mol. The normalized spacial score (nSPS) is 35.1. The van der Waals surface area contributed by atoms with E-state index < -0.39 is 0 Å². The fraction of sp³-hybridized carbons (Fsp3) is 0.667. The number of carbonyl (C=O) groups is 1. The van der Waals surface area contributed by atoms with Crippen LogP contribution >= 0.6 is 15.9 Å². The van der Waals surface area contributed by atoms with E-state index in [1.165, 1.54) is 0 Å². The zero-order valence-corrected chi connectivity index (χ0v) is 16.8. The highest BCUT2D eigenvalue weighted by molar-refractivity contribution is 9.10. The number of aliphatic hydroxyl groups excluding tert-OH is 1. The molecule has 4 nitrogen and oxygen atoms in total. The average molecular weight is 422 g/mol. The second-order valence-corrected chi connectivity index (χ2v) is 9.18. The Bertz CT molecular complexity index is 631. The van der Waals surface area contributed by atoms with Crippen LogP contribution < -0.4 is 4.74 Å². The van der Waals surface area contributed by atoms with Crippen molar-refractivity contribution in [3.8, 4) is 5.75 Å². The van der Waals surface area contributed by atoms with Crippen molar-refractivity contribution in [2.75, 3.05) is 6.54 Å². The van der Waals surface area contributed by atoms with Crippen molar-refractivity contribution in [1.29, 1.82) is 0 Å². The van der Waals surface area contributed by atoms with Crippen LogP contribution in [-0.2, 0) is 4.79 Å². The van der Waals surface area contributed by atoms with E-state index in [9.17, 15) is 9.90 Å². The third kappa shape index (κ3) is 3.65. The van der Waals surface area contributed by atoms with Gasteiger partial charge in [-0.25, -0.2) is 0 Å². The molecule has 26 heavy (non-hydrogen) atoms. The second-order valence-electron chi connectivity index (χ2n) is 8.26. The lowest BCUT2D eigenvalue weighted by atomic mass is 9.72. The molecular weight excluding hydrogens is 394 g/mol. The van der Waals surface area contributed by atoms with Crippen molar-refractivity contribution in [1.82, 2.24) is 4.90 Å². The Labute approximate surface area is 164 Å². The molecule has 4 rings (SSSR count). The maximum Gasteiger partial charge on any atom is 0.229 e. The van der Waals surface area contributed by atoms with Gasteiger partial charge in [-0.2, -0.15) is 0 Å². The first-order chi connectivity index (χ1) is 12.6. The van der Waals surface area contributed by atoms with Crippen LogP contribution in [0.4, 0.5) is 0 Å². The van der Waals surface area contributed by atoms with Gasteiger partial charge in [0.25, 0.3) is 0 Å². The molecule has 3 fully saturated rings. The molecule has 0 atom stereocenters. The molecule has 0 bridgehead atoms. The summed E-state index contributed by atoms with van der Waals surface area (Å²) in [5.41, 5.74) is -0.143. The Kier molecular flexibility index (Phi) is 5.29. The smallest absolute Gasteiger partial charge is 0.229 e. The van der Waals surface area contributed by atoms with Gasteiger partial charge >= 0.3 is 0 Å². The third-order valence-electron chi connectivity index (χ3n) is 6.66. The lowest BCUT2D eigenvalue weighted by Crippen LogP contribution is -2.45. The zero-order valence-electron chi connectivity index (χ0n) is 15.2. The number of amides is 1. The van der Waals surface area contributed by atoms with Gasteiger partial charge in [-0.05, 0) is 82.1 Å². The summed E-state index contributed by atoms with van der Waals surface area (Å²) in [5, 5.41) is 9.72. The van der Waals surface area contributed by atoms with Crippen LogP contribution in [0.15, 0.2) is 28.7 Å². The molecule has 0 aromatic heterocycles. The van der Waals surface area contributed by atoms with Gasteiger partial charge < -0.3 is 14.7 Å². The van der Waals surface area contributed by atoms with Crippen molar-refractivity contribution in [2.45, 2.75) is 76.0 Å². The molecule has 2 aliphatic carbocycles. The minimum atomic E-state index is -0.163. The molecule has 142 valence electrons. The number of hydrogen-bond acceptors (Lipinski definition) is 3. The summed E-state index contributed by atoms with van der Waals surface area (Å²) in [4.78, 5) is 15.3. The molecule has 0 radical (unpaired) electrons. The maximum atomic E-state index is 13.2. The molecule has 3 aliphatic rings. The molecule has 1 aromatic carbocycles. The third-order valence-corrected chi connectivity index (χ3v) is 7.19. The van der Waals surface area contributed by atoms with Crippen molar-refractivity contribution in [2.24, 2.45) is 5.41 Å². The molecule has 5 heteroatoms. The van der Waals surface area contributed by atoms with Crippen LogP contribution in [0.3, 0.4) is 0 Å². The number of halogens is 1. The largest absolute Gasteiger partial charge is 0.490 e. The van der Waals surface area contributed by atoms with Gasteiger partial charge in [-0.15, -0.1) is 0 Å². The number of hydrogen-bond donors (Lipinski definition) is 1. The summed E-state index contributed by atoms with van der Waals surface area (Å²) in [6, 6.07) is 8.34. The first kappa shape index (κ1) is 18.3. The highest BCUT2D eigenvalue weighted by Crippen LogP contribution is 2.47. The highest BCUT2D eigenvalue weighted by Gasteiger charge is 2.50. The molecule has 1 amide bonds. The SMILES string of the molecule is O=C1N([C@H]2CC[C@H](O)CC2)CCC12CCC(Oc1ccc(Br)cc1)CC2. The van der Waals surface area contributed by atoms with E-state index >= 15 is 0 Å². The van der Waals surface area contributed by atoms with Gasteiger partial charge in [-0.3, -0.25) is 4.79 Å². The Morgan fingerprint density at radius 3 is 2.31 bits per heavy atom. The summed E-state index contributed by atoms with van der Waals surface area (Å²) in [6.45, 7) is 0.901. The van der Waals surface area contributed by atoms with E-state index in [-0.39, 0.29) is 17.6 Å². The summed E-state index contributed by atoms with van der Waals surface area (Å²) < 4.78 is 7.18. The van der Waals surface area contributed by atoms with Crippen molar-refractivity contribution >= 4 is 21.8 Å². The number of aliphatic hydroxyl groups is 1. The van der Waals surface area contributed by atoms with Crippen LogP contribution in [0.5, 0.6) is 5.75 Å². The van der Waals surface area contributed by atoms with Crippen LogP contribution in [0.2, 0.25) is 0 Å². The van der Waals surface area contributed by atoms with E-state index in [0.29, 0.717) is 11.9 Å². The average Bonchev–Trinajstić information content (AvgIpc) is 2.96. The highest BCUT2D eigenvalue weighted by atomic mass is 79.9. The van der Waals surface area contributed by atoms with E-state index in [0.717, 1.165) is 74.6 Å². The molecule has 0 unspecified atom stereocenters. The summed E-state index contributed by atoms with van der Waals surface area (Å²) in [5.74, 6) is 1.29. The summed E-state index contributed by atoms with van der Waals surface area (Å²) in [6.07, 6.45) is 8.44. The number of likely N-dealkylation sites (tertiary alicyclic amines) is 1. The lowest BCUT2D eigenvalue weighted by Gasteiger charge is -2.38. The molecule has 1 aliphatic heterocycles. The van der Waals surface area contributed by atoms with Crippen LogP contribution in [0, 0.1) is 5.41 Å². The number of nitrogens with zero attached hydrogens (tertiary/aromatic N) is 1. The quantitative estimate of drug-likeness (QED) is 0.791. The predicted octanol–water partition coefficient (Wildman–Crippen LogP) is 4.29. The molecule has 1 saturated heterocycles. The Morgan fingerprint density at radius 2 is 1.65 bits per heavy atom. The van der Waals surface area contributed by atoms with Crippen LogP contribution in [0.1, 0.15) is 57.8 Å². The van der Waals surface area contributed by atoms with E-state index in [1.807, 2.05) is 24.3 Å². The van der Waals surface area contributed by atoms with Crippen LogP contribution in [-0.4, -0.2) is 40.7 Å². The standard InChI is InChI=1S/C21H28BrNO3/c22-15-1-7-18(8-2-15)26-19-9-11-21(12-10-19)13-14-23(20(21)25)16-3-5-17(24)6-4-16/h1-2,7-8,16-17,19,24H,3-6,9-14H2/t16-,17-,19?,21?. The van der Waals surface area contributed by atoms with Gasteiger partial charge in [0.15, 0.2) is 0 Å². The molecule has 2 saturated carbocycles. The fourth-order valence-corrected chi connectivity index (χ4v) is 5.26. The fourth-order valence-electron chi connectivity index (χ4n) is 5.00. The van der Waals surface area contributed by atoms with Crippen LogP contribution in [0.25, 0.3) is 0 Å². The molecule has 1 aromatic rings.